The molecule has 0 bridgehead atoms. The van der Waals surface area contributed by atoms with Crippen molar-refractivity contribution in [1.29, 1.82) is 5.41 Å². The van der Waals surface area contributed by atoms with Gasteiger partial charge in [0.15, 0.2) is 0 Å². The summed E-state index contributed by atoms with van der Waals surface area (Å²) in [6, 6.07) is -0.681. The summed E-state index contributed by atoms with van der Waals surface area (Å²) in [7, 11) is 0. The van der Waals surface area contributed by atoms with E-state index in [1.807, 2.05) is 0 Å². The van der Waals surface area contributed by atoms with Crippen molar-refractivity contribution in [3.63, 3.8) is 0 Å². The van der Waals surface area contributed by atoms with Crippen LogP contribution >= 0.6 is 11.6 Å². The average Bonchev–Trinajstić information content (AvgIpc) is 2.73. The van der Waals surface area contributed by atoms with Crippen LogP contribution in [0.2, 0.25) is 0 Å². The van der Waals surface area contributed by atoms with Crippen molar-refractivity contribution in [2.24, 2.45) is 10.7 Å². The van der Waals surface area contributed by atoms with Crippen molar-refractivity contribution in [1.82, 2.24) is 5.32 Å². The Kier molecular flexibility index (Phi) is 4.86. The minimum atomic E-state index is -0.795. The molecule has 0 aromatic carbocycles. The monoisotopic (exact) mass is 262 g/mol. The van der Waals surface area contributed by atoms with Gasteiger partial charge in [0, 0.05) is 0 Å². The van der Waals surface area contributed by atoms with E-state index < -0.39 is 17.9 Å². The predicted molar refractivity (Wildman–Crippen MR) is 63.6 cm³/mol. The molecule has 0 aliphatic carbocycles. The topological polar surface area (TPSA) is 121 Å². The molecule has 2 atom stereocenters. The lowest BCUT2D eigenvalue weighted by molar-refractivity contribution is -0.0639. The average molecular weight is 263 g/mol. The molecule has 8 heteroatoms. The Bertz CT molecular complexity index is 330. The van der Waals surface area contributed by atoms with E-state index in [4.69, 9.17) is 32.6 Å². The molecule has 0 unspecified atom stereocenters. The van der Waals surface area contributed by atoms with Crippen LogP contribution in [0, 0.1) is 5.41 Å². The number of ether oxygens (including phenoxy) is 1. The minimum Gasteiger partial charge on any atom is -0.393 e. The number of carbonyl (C=O) groups is 1. The molecule has 1 aliphatic heterocycles. The number of alkyl halides is 1. The van der Waals surface area contributed by atoms with Gasteiger partial charge < -0.3 is 26.3 Å². The van der Waals surface area contributed by atoms with E-state index in [2.05, 4.69) is 10.3 Å². The molecule has 0 spiro atoms. The number of amidine groups is 1. The van der Waals surface area contributed by atoms with Crippen LogP contribution < -0.4 is 11.1 Å². The van der Waals surface area contributed by atoms with Crippen molar-refractivity contribution < 1.29 is 14.6 Å². The zero-order valence-corrected chi connectivity index (χ0v) is 9.91. The fraction of sp³-hybridized carbons (Fsp3) is 0.667. The van der Waals surface area contributed by atoms with Crippen LogP contribution in [0.15, 0.2) is 4.99 Å². The molecule has 1 heterocycles. The fourth-order valence-corrected chi connectivity index (χ4v) is 1.77. The Balaban J connectivity index is 2.50. The summed E-state index contributed by atoms with van der Waals surface area (Å²) >= 11 is 5.70. The Morgan fingerprint density at radius 2 is 2.53 bits per heavy atom. The predicted octanol–water partition coefficient (Wildman–Crippen LogP) is -0.191. The summed E-state index contributed by atoms with van der Waals surface area (Å²) in [6.45, 7) is -0.200. The van der Waals surface area contributed by atoms with Crippen molar-refractivity contribution >= 4 is 29.7 Å². The number of aliphatic imine (C=N–C) groups is 1. The van der Waals surface area contributed by atoms with E-state index in [0.29, 0.717) is 12.8 Å². The van der Waals surface area contributed by atoms with Gasteiger partial charge in [0.2, 0.25) is 0 Å². The minimum absolute atomic E-state index is 0.155. The lowest BCUT2D eigenvalue weighted by Crippen LogP contribution is -2.40. The van der Waals surface area contributed by atoms with Gasteiger partial charge in [-0.05, 0) is 12.8 Å². The van der Waals surface area contributed by atoms with E-state index in [0.717, 1.165) is 6.21 Å². The second kappa shape index (κ2) is 5.95. The summed E-state index contributed by atoms with van der Waals surface area (Å²) in [6.07, 6.45) is 1.32. The summed E-state index contributed by atoms with van der Waals surface area (Å²) < 4.78 is 5.45. The van der Waals surface area contributed by atoms with Gasteiger partial charge in [0.1, 0.15) is 17.7 Å². The fourth-order valence-electron chi connectivity index (χ4n) is 1.49. The van der Waals surface area contributed by atoms with E-state index in [-0.39, 0.29) is 18.3 Å². The molecule has 2 amide bonds. The molecule has 1 fully saturated rings. The normalized spacial score (nSPS) is 29.1. The molecular weight excluding hydrogens is 248 g/mol. The summed E-state index contributed by atoms with van der Waals surface area (Å²) in [5, 5.41) is 18.4. The molecule has 5 N–H and O–H groups in total. The summed E-state index contributed by atoms with van der Waals surface area (Å²) in [4.78, 5) is 14.7. The quantitative estimate of drug-likeness (QED) is 0.319. The van der Waals surface area contributed by atoms with Gasteiger partial charge in [-0.25, -0.2) is 4.79 Å². The number of hydrogen-bond donors (Lipinski definition) is 4. The standard InChI is InChI=1S/C9H15ClN4O3/c10-4-9(5-15)2-1-7(17-9)14-8(16)13-6(12)3-11/h3,7,11,15H,1-2,4-5H2,(H3,12,13,14,16)/t7-,9-/m1/s1. The molecule has 1 saturated heterocycles. The number of urea groups is 1. The van der Waals surface area contributed by atoms with Crippen molar-refractivity contribution in [3.05, 3.63) is 0 Å². The Morgan fingerprint density at radius 3 is 3.00 bits per heavy atom. The molecule has 1 rings (SSSR count). The van der Waals surface area contributed by atoms with E-state index in [1.54, 1.807) is 0 Å². The summed E-state index contributed by atoms with van der Waals surface area (Å²) in [5.74, 6) is -0.0341. The molecule has 0 saturated carbocycles. The first-order valence-electron chi connectivity index (χ1n) is 5.05. The second-order valence-corrected chi connectivity index (χ2v) is 4.02. The van der Waals surface area contributed by atoms with Gasteiger partial charge in [-0.3, -0.25) is 0 Å². The van der Waals surface area contributed by atoms with Crippen LogP contribution in [0.4, 0.5) is 4.79 Å². The van der Waals surface area contributed by atoms with Gasteiger partial charge in [-0.15, -0.1) is 11.6 Å². The molecule has 1 aliphatic rings. The number of halogens is 1. The maximum Gasteiger partial charge on any atom is 0.344 e. The third-order valence-corrected chi connectivity index (χ3v) is 2.94. The zero-order valence-electron chi connectivity index (χ0n) is 9.15. The number of nitrogens with one attached hydrogen (secondary N) is 2. The highest BCUT2D eigenvalue weighted by Gasteiger charge is 2.39. The highest BCUT2D eigenvalue weighted by molar-refractivity contribution is 6.29. The molecule has 0 aromatic rings. The first-order valence-corrected chi connectivity index (χ1v) is 5.58. The lowest BCUT2D eigenvalue weighted by Gasteiger charge is -2.24. The van der Waals surface area contributed by atoms with Crippen molar-refractivity contribution in [2.75, 3.05) is 12.5 Å². The number of nitrogens with zero attached hydrogens (tertiary/aromatic N) is 1. The van der Waals surface area contributed by atoms with E-state index in [1.165, 1.54) is 0 Å². The number of amides is 2. The van der Waals surface area contributed by atoms with Crippen molar-refractivity contribution in [2.45, 2.75) is 24.7 Å². The van der Waals surface area contributed by atoms with Gasteiger partial charge in [-0.1, -0.05) is 0 Å². The molecule has 7 nitrogen and oxygen atoms in total. The molecule has 0 radical (unpaired) electrons. The number of nitrogens with two attached hydrogens (primary N) is 1. The van der Waals surface area contributed by atoms with Gasteiger partial charge in [0.25, 0.3) is 0 Å². The zero-order chi connectivity index (χ0) is 12.9. The van der Waals surface area contributed by atoms with Crippen molar-refractivity contribution in [3.8, 4) is 0 Å². The van der Waals surface area contributed by atoms with Crippen LogP contribution in [0.1, 0.15) is 12.8 Å². The van der Waals surface area contributed by atoms with Gasteiger partial charge in [0.05, 0.1) is 18.7 Å². The smallest absolute Gasteiger partial charge is 0.344 e. The largest absolute Gasteiger partial charge is 0.393 e. The highest BCUT2D eigenvalue weighted by Crippen LogP contribution is 2.30. The first-order chi connectivity index (χ1) is 8.05. The number of hydrogen-bond acceptors (Lipinski definition) is 4. The van der Waals surface area contributed by atoms with E-state index in [9.17, 15) is 4.79 Å². The first kappa shape index (κ1) is 13.9. The number of rotatable bonds is 4. The summed E-state index contributed by atoms with van der Waals surface area (Å²) in [5.41, 5.74) is 4.40. The van der Waals surface area contributed by atoms with Gasteiger partial charge in [-0.2, -0.15) is 4.99 Å². The number of aliphatic hydroxyl groups excluding tert-OH is 1. The lowest BCUT2D eigenvalue weighted by atomic mass is 10.0. The van der Waals surface area contributed by atoms with E-state index >= 15 is 0 Å². The van der Waals surface area contributed by atoms with Crippen LogP contribution in [0.5, 0.6) is 0 Å². The second-order valence-electron chi connectivity index (χ2n) is 3.75. The van der Waals surface area contributed by atoms with Crippen LogP contribution in [-0.4, -0.2) is 47.5 Å². The molecular formula is C9H15ClN4O3. The SMILES string of the molecule is N=C/C(N)=N\C(=O)N[C@H]1CC[C@](CO)(CCl)O1. The third kappa shape index (κ3) is 3.65. The maximum atomic E-state index is 11.3. The Hall–Kier alpha value is -1.18. The van der Waals surface area contributed by atoms with Crippen LogP contribution in [0.3, 0.4) is 0 Å². The highest BCUT2D eigenvalue weighted by atomic mass is 35.5. The molecule has 0 aromatic heterocycles. The van der Waals surface area contributed by atoms with Crippen LogP contribution in [-0.2, 0) is 4.74 Å². The number of carbonyl (C=O) groups excluding carboxylic acids is 1. The van der Waals surface area contributed by atoms with Crippen LogP contribution in [0.25, 0.3) is 0 Å². The Labute approximate surface area is 103 Å². The molecule has 96 valence electrons. The third-order valence-electron chi connectivity index (χ3n) is 2.45. The molecule has 17 heavy (non-hydrogen) atoms. The Morgan fingerprint density at radius 1 is 1.82 bits per heavy atom. The van der Waals surface area contributed by atoms with Gasteiger partial charge >= 0.3 is 6.03 Å². The number of aliphatic hydroxyl groups is 1. The maximum absolute atomic E-state index is 11.3.